The Morgan fingerprint density at radius 2 is 2.60 bits per heavy atom. The number of aldehydes is 1. The van der Waals surface area contributed by atoms with E-state index in [-0.39, 0.29) is 6.54 Å². The molecule has 0 saturated carbocycles. The molecule has 0 aliphatic heterocycles. The molecular formula is C5H8N4O. The van der Waals surface area contributed by atoms with E-state index in [1.165, 1.54) is 4.68 Å². The van der Waals surface area contributed by atoms with Crippen molar-refractivity contribution < 1.29 is 4.79 Å². The Balaban J connectivity index is 2.79. The molecule has 1 aromatic heterocycles. The second-order valence-electron chi connectivity index (χ2n) is 1.78. The van der Waals surface area contributed by atoms with Crippen LogP contribution in [0.1, 0.15) is 5.69 Å². The average molecular weight is 140 g/mol. The van der Waals surface area contributed by atoms with Gasteiger partial charge in [-0.15, -0.1) is 5.10 Å². The lowest BCUT2D eigenvalue weighted by Gasteiger charge is -1.95. The highest BCUT2D eigenvalue weighted by molar-refractivity contribution is 5.48. The molecule has 1 aromatic rings. The van der Waals surface area contributed by atoms with Crippen LogP contribution in [-0.4, -0.2) is 21.3 Å². The first-order valence-electron chi connectivity index (χ1n) is 2.89. The number of carbonyl (C=O) groups excluding carboxylic acids is 1. The van der Waals surface area contributed by atoms with Crippen molar-refractivity contribution in [3.8, 4) is 0 Å². The largest absolute Gasteiger partial charge is 0.325 e. The van der Waals surface area contributed by atoms with Crippen LogP contribution in [0.2, 0.25) is 0 Å². The van der Waals surface area contributed by atoms with E-state index in [1.807, 2.05) is 0 Å². The molecule has 2 N–H and O–H groups in total. The van der Waals surface area contributed by atoms with Crippen LogP contribution >= 0.6 is 0 Å². The van der Waals surface area contributed by atoms with Gasteiger partial charge in [-0.25, -0.2) is 4.68 Å². The van der Waals surface area contributed by atoms with Crippen molar-refractivity contribution >= 4 is 6.29 Å². The molecule has 0 spiro atoms. The fourth-order valence-electron chi connectivity index (χ4n) is 0.661. The number of nitrogens with two attached hydrogens (primary N) is 1. The Hall–Kier alpha value is -1.23. The molecule has 0 atom stereocenters. The molecule has 1 heterocycles. The fourth-order valence-corrected chi connectivity index (χ4v) is 0.661. The molecule has 0 aromatic carbocycles. The Morgan fingerprint density at radius 1 is 1.80 bits per heavy atom. The molecule has 1 rings (SSSR count). The maximum atomic E-state index is 10.0. The van der Waals surface area contributed by atoms with E-state index in [1.54, 1.807) is 6.20 Å². The van der Waals surface area contributed by atoms with E-state index in [9.17, 15) is 4.79 Å². The molecule has 0 fully saturated rings. The molecule has 0 unspecified atom stereocenters. The summed E-state index contributed by atoms with van der Waals surface area (Å²) in [6, 6.07) is 0. The molecule has 0 aliphatic rings. The average Bonchev–Trinajstić information content (AvgIpc) is 2.36. The molecule has 10 heavy (non-hydrogen) atoms. The van der Waals surface area contributed by atoms with Gasteiger partial charge in [0.25, 0.3) is 0 Å². The van der Waals surface area contributed by atoms with Crippen LogP contribution in [0.5, 0.6) is 0 Å². The minimum Gasteiger partial charge on any atom is -0.325 e. The third-order valence-corrected chi connectivity index (χ3v) is 1.15. The zero-order valence-corrected chi connectivity index (χ0v) is 5.40. The summed E-state index contributed by atoms with van der Waals surface area (Å²) in [5.41, 5.74) is 6.08. The molecule has 0 radical (unpaired) electrons. The number of rotatable bonds is 3. The van der Waals surface area contributed by atoms with Gasteiger partial charge in [-0.05, 0) is 0 Å². The molecule has 5 nitrogen and oxygen atoms in total. The normalized spacial score (nSPS) is 9.70. The topological polar surface area (TPSA) is 73.8 Å². The first-order chi connectivity index (χ1) is 4.88. The van der Waals surface area contributed by atoms with Crippen LogP contribution in [0.3, 0.4) is 0 Å². The van der Waals surface area contributed by atoms with E-state index in [0.717, 1.165) is 12.0 Å². The standard InChI is InChI=1S/C5H8N4O/c6-3-5-4-7-8-9(5)1-2-10/h2,4H,1,3,6H2. The van der Waals surface area contributed by atoms with Crippen LogP contribution in [0, 0.1) is 0 Å². The van der Waals surface area contributed by atoms with E-state index in [2.05, 4.69) is 10.3 Å². The predicted octanol–water partition coefficient (Wildman–Crippen LogP) is -1.06. The number of carbonyl (C=O) groups is 1. The first-order valence-corrected chi connectivity index (χ1v) is 2.89. The molecule has 0 aliphatic carbocycles. The zero-order chi connectivity index (χ0) is 7.40. The van der Waals surface area contributed by atoms with E-state index in [0.29, 0.717) is 6.54 Å². The van der Waals surface area contributed by atoms with Crippen molar-refractivity contribution in [1.82, 2.24) is 15.0 Å². The van der Waals surface area contributed by atoms with Crippen molar-refractivity contribution in [3.63, 3.8) is 0 Å². The van der Waals surface area contributed by atoms with Crippen molar-refractivity contribution in [3.05, 3.63) is 11.9 Å². The summed E-state index contributed by atoms with van der Waals surface area (Å²) in [5.74, 6) is 0. The Kier molecular flexibility index (Phi) is 2.11. The summed E-state index contributed by atoms with van der Waals surface area (Å²) in [6.07, 6.45) is 2.30. The van der Waals surface area contributed by atoms with Crippen LogP contribution < -0.4 is 5.73 Å². The minimum absolute atomic E-state index is 0.229. The van der Waals surface area contributed by atoms with Gasteiger partial charge in [0, 0.05) is 6.54 Å². The Labute approximate surface area is 57.8 Å². The Bertz CT molecular complexity index is 219. The van der Waals surface area contributed by atoms with Gasteiger partial charge < -0.3 is 10.5 Å². The van der Waals surface area contributed by atoms with Crippen LogP contribution in [0.4, 0.5) is 0 Å². The van der Waals surface area contributed by atoms with E-state index < -0.39 is 0 Å². The monoisotopic (exact) mass is 140 g/mol. The zero-order valence-electron chi connectivity index (χ0n) is 5.40. The lowest BCUT2D eigenvalue weighted by molar-refractivity contribution is -0.108. The summed E-state index contributed by atoms with van der Waals surface area (Å²) in [7, 11) is 0. The molecule has 0 amide bonds. The highest BCUT2D eigenvalue weighted by Gasteiger charge is 1.98. The van der Waals surface area contributed by atoms with E-state index in [4.69, 9.17) is 5.73 Å². The van der Waals surface area contributed by atoms with Gasteiger partial charge >= 0.3 is 0 Å². The van der Waals surface area contributed by atoms with Gasteiger partial charge in [-0.2, -0.15) is 0 Å². The summed E-state index contributed by atoms with van der Waals surface area (Å²) in [5, 5.41) is 7.22. The van der Waals surface area contributed by atoms with Gasteiger partial charge in [0.2, 0.25) is 0 Å². The number of aromatic nitrogens is 3. The second kappa shape index (κ2) is 3.07. The molecular weight excluding hydrogens is 132 g/mol. The molecule has 0 saturated heterocycles. The number of nitrogens with zero attached hydrogens (tertiary/aromatic N) is 3. The summed E-state index contributed by atoms with van der Waals surface area (Å²) < 4.78 is 1.47. The third kappa shape index (κ3) is 1.19. The first kappa shape index (κ1) is 6.88. The molecule has 0 bridgehead atoms. The highest BCUT2D eigenvalue weighted by Crippen LogP contribution is 1.91. The molecule has 5 heteroatoms. The minimum atomic E-state index is 0.229. The van der Waals surface area contributed by atoms with Crippen LogP contribution in [-0.2, 0) is 17.9 Å². The van der Waals surface area contributed by atoms with Gasteiger partial charge in [0.05, 0.1) is 18.4 Å². The summed E-state index contributed by atoms with van der Waals surface area (Å²) >= 11 is 0. The van der Waals surface area contributed by atoms with Gasteiger partial charge in [-0.1, -0.05) is 5.21 Å². The van der Waals surface area contributed by atoms with Gasteiger partial charge in [0.1, 0.15) is 6.29 Å². The van der Waals surface area contributed by atoms with Crippen molar-refractivity contribution in [2.24, 2.45) is 5.73 Å². The number of hydrogen-bond acceptors (Lipinski definition) is 4. The quantitative estimate of drug-likeness (QED) is 0.543. The Morgan fingerprint density at radius 3 is 3.20 bits per heavy atom. The lowest BCUT2D eigenvalue weighted by atomic mass is 10.5. The van der Waals surface area contributed by atoms with E-state index >= 15 is 0 Å². The summed E-state index contributed by atoms with van der Waals surface area (Å²) in [6.45, 7) is 0.591. The second-order valence-corrected chi connectivity index (χ2v) is 1.78. The van der Waals surface area contributed by atoms with Crippen LogP contribution in [0.15, 0.2) is 6.20 Å². The maximum Gasteiger partial charge on any atom is 0.141 e. The van der Waals surface area contributed by atoms with Gasteiger partial charge in [-0.3, -0.25) is 0 Å². The van der Waals surface area contributed by atoms with Crippen molar-refractivity contribution in [1.29, 1.82) is 0 Å². The van der Waals surface area contributed by atoms with Crippen molar-refractivity contribution in [2.75, 3.05) is 0 Å². The fraction of sp³-hybridized carbons (Fsp3) is 0.400. The van der Waals surface area contributed by atoms with Crippen molar-refractivity contribution in [2.45, 2.75) is 13.1 Å². The molecule has 54 valence electrons. The SMILES string of the molecule is NCc1cnnn1CC=O. The predicted molar refractivity (Wildman–Crippen MR) is 34.0 cm³/mol. The lowest BCUT2D eigenvalue weighted by Crippen LogP contribution is -2.09. The van der Waals surface area contributed by atoms with Crippen LogP contribution in [0.25, 0.3) is 0 Å². The van der Waals surface area contributed by atoms with Gasteiger partial charge in [0.15, 0.2) is 0 Å². The number of hydrogen-bond donors (Lipinski definition) is 1. The third-order valence-electron chi connectivity index (χ3n) is 1.15. The smallest absolute Gasteiger partial charge is 0.141 e. The highest BCUT2D eigenvalue weighted by atomic mass is 16.1. The maximum absolute atomic E-state index is 10.0. The summed E-state index contributed by atoms with van der Waals surface area (Å²) in [4.78, 5) is 10.0.